The average Bonchev–Trinajstić information content (AvgIpc) is 3.40. The van der Waals surface area contributed by atoms with Gasteiger partial charge in [-0.25, -0.2) is 0 Å². The fourth-order valence-electron chi connectivity index (χ4n) is 7.45. The minimum absolute atomic E-state index is 0. The largest absolute Gasteiger partial charge is 4.00 e. The van der Waals surface area contributed by atoms with Crippen LogP contribution in [0.25, 0.3) is 0 Å². The van der Waals surface area contributed by atoms with Crippen LogP contribution < -0.4 is 20.4 Å². The van der Waals surface area contributed by atoms with Crippen LogP contribution in [0.15, 0.2) is 0 Å². The summed E-state index contributed by atoms with van der Waals surface area (Å²) < 4.78 is 42.8. The molecule has 0 spiro atoms. The first kappa shape index (κ1) is 82.9. The number of aliphatic carboxylic acids is 4. The van der Waals surface area contributed by atoms with E-state index in [4.69, 9.17) is 37.9 Å². The summed E-state index contributed by atoms with van der Waals surface area (Å²) in [6.07, 6.45) is 2.78. The van der Waals surface area contributed by atoms with Crippen LogP contribution in [0.3, 0.4) is 0 Å². The average molecular weight is 1270 g/mol. The maximum Gasteiger partial charge on any atom is 4.00 e. The number of ether oxygens (including phenoxy) is 8. The second kappa shape index (κ2) is 47.9. The molecule has 0 aromatic rings. The fourth-order valence-corrected chi connectivity index (χ4v) is 7.45. The van der Waals surface area contributed by atoms with Gasteiger partial charge in [-0.2, -0.15) is 0 Å². The number of carbonyl (C=O) groups excluding carboxylic acids is 8. The molecule has 0 saturated heterocycles. The van der Waals surface area contributed by atoms with Crippen LogP contribution in [0.4, 0.5) is 0 Å². The topological polar surface area (TPSA) is 303 Å². The minimum atomic E-state index is -1.52. The van der Waals surface area contributed by atoms with E-state index in [0.717, 1.165) is 51.4 Å². The van der Waals surface area contributed by atoms with Gasteiger partial charge in [0.25, 0.3) is 0 Å². The Hall–Kier alpha value is -2.89. The van der Waals surface area contributed by atoms with E-state index in [2.05, 4.69) is 0 Å². The number of rotatable bonds is 44. The van der Waals surface area contributed by atoms with Crippen molar-refractivity contribution in [2.24, 2.45) is 21.7 Å². The molecule has 0 heterocycles. The summed E-state index contributed by atoms with van der Waals surface area (Å²) in [6.45, 7) is 31.4. The quantitative estimate of drug-likeness (QED) is 0.0432. The van der Waals surface area contributed by atoms with E-state index in [9.17, 15) is 58.8 Å². The third-order valence-corrected chi connectivity index (χ3v) is 12.9. The zero-order valence-electron chi connectivity index (χ0n) is 49.9. The zero-order valence-corrected chi connectivity index (χ0v) is 53.5. The fraction of sp³-hybridized carbons (Fsp3) is 0.857. The van der Waals surface area contributed by atoms with Crippen LogP contribution >= 0.6 is 0 Å². The number of hydrogen-bond acceptors (Lipinski definition) is 20. The summed E-state index contributed by atoms with van der Waals surface area (Å²) in [5, 5.41) is 45.3. The Kier molecular flexibility index (Phi) is 51.6. The number of hydrogen-bond donors (Lipinski definition) is 0. The monoisotopic (exact) mass is 1270 g/mol. The van der Waals surface area contributed by atoms with Gasteiger partial charge in [0.1, 0.15) is 0 Å². The van der Waals surface area contributed by atoms with Gasteiger partial charge in [0.15, 0.2) is 23.1 Å². The summed E-state index contributed by atoms with van der Waals surface area (Å²) in [5.41, 5.74) is -6.09. The number of carboxylic acid groups (broad SMARTS) is 4. The standard InChI is InChI=1S/4C14H26O5.Hf/c4*1-5-9-18-12(19-10-6-2)11(15)14(7-3,8-4)13(16)17;/h4*12H,5-10H2,1-4H3,(H,16,17);/q;;;;+4/p-4. The Bertz CT molecular complexity index is 1340. The molecule has 0 aliphatic heterocycles. The first-order valence-electron chi connectivity index (χ1n) is 27.9. The van der Waals surface area contributed by atoms with E-state index in [1.54, 1.807) is 55.4 Å². The Morgan fingerprint density at radius 3 is 0.429 bits per heavy atom. The third kappa shape index (κ3) is 27.0. The van der Waals surface area contributed by atoms with Gasteiger partial charge < -0.3 is 77.5 Å². The Labute approximate surface area is 480 Å². The third-order valence-electron chi connectivity index (χ3n) is 12.9. The van der Waals surface area contributed by atoms with Crippen molar-refractivity contribution in [3.05, 3.63) is 0 Å². The molecule has 0 aromatic carbocycles. The molecule has 0 aromatic heterocycles. The van der Waals surface area contributed by atoms with E-state index >= 15 is 0 Å². The second-order valence-electron chi connectivity index (χ2n) is 18.1. The molecule has 0 N–H and O–H groups in total. The van der Waals surface area contributed by atoms with Gasteiger partial charge in [0.2, 0.25) is 25.2 Å². The van der Waals surface area contributed by atoms with E-state index < -0.39 is 93.8 Å². The molecule has 0 aliphatic rings. The first-order chi connectivity index (χ1) is 36.0. The molecule has 20 nitrogen and oxygen atoms in total. The predicted octanol–water partition coefficient (Wildman–Crippen LogP) is 5.16. The van der Waals surface area contributed by atoms with E-state index in [1.165, 1.54) is 0 Å². The molecular formula is C56H100HfO20. The van der Waals surface area contributed by atoms with Gasteiger partial charge in [-0.1, -0.05) is 111 Å². The van der Waals surface area contributed by atoms with Gasteiger partial charge in [0.05, 0.1) is 45.5 Å². The maximum atomic E-state index is 12.4. The Morgan fingerprint density at radius 2 is 0.364 bits per heavy atom. The van der Waals surface area contributed by atoms with Crippen LogP contribution in [0.1, 0.15) is 214 Å². The van der Waals surface area contributed by atoms with E-state index in [0.29, 0.717) is 52.9 Å². The van der Waals surface area contributed by atoms with Gasteiger partial charge >= 0.3 is 25.8 Å². The molecular weight excluding hydrogens is 1170 g/mol. The maximum absolute atomic E-state index is 12.4. The SMILES string of the molecule is CCCOC(OCCC)C(=O)C(CC)(CC)C(=O)[O-].CCCOC(OCCC)C(=O)C(CC)(CC)C(=O)[O-].CCCOC(OCCC)C(=O)C(CC)(CC)C(=O)[O-].CCCOC(OCCC)C(=O)C(CC)(CC)C(=O)[O-].[Hf+4]. The molecule has 0 bridgehead atoms. The molecule has 0 amide bonds. The van der Waals surface area contributed by atoms with Crippen molar-refractivity contribution in [3.8, 4) is 0 Å². The normalized spacial score (nSPS) is 11.7. The molecule has 0 aliphatic carbocycles. The van der Waals surface area contributed by atoms with Gasteiger partial charge in [-0.3, -0.25) is 19.2 Å². The Balaban J connectivity index is -0.000000298. The van der Waals surface area contributed by atoms with Crippen LogP contribution in [0, 0.1) is 21.7 Å². The van der Waals surface area contributed by atoms with Crippen molar-refractivity contribution in [1.29, 1.82) is 0 Å². The second-order valence-corrected chi connectivity index (χ2v) is 18.1. The molecule has 21 heteroatoms. The minimum Gasteiger partial charge on any atom is -0.549 e. The van der Waals surface area contributed by atoms with Crippen LogP contribution in [0.2, 0.25) is 0 Å². The number of carbonyl (C=O) groups is 8. The smallest absolute Gasteiger partial charge is 0.549 e. The summed E-state index contributed by atoms with van der Waals surface area (Å²) in [5.74, 6) is -7.58. The van der Waals surface area contributed by atoms with Gasteiger partial charge in [-0.05, 0) is 103 Å². The van der Waals surface area contributed by atoms with Crippen molar-refractivity contribution in [3.63, 3.8) is 0 Å². The van der Waals surface area contributed by atoms with Crippen molar-refractivity contribution >= 4 is 47.0 Å². The van der Waals surface area contributed by atoms with Crippen molar-refractivity contribution < 1.29 is 123 Å². The van der Waals surface area contributed by atoms with Crippen molar-refractivity contribution in [2.45, 2.75) is 239 Å². The van der Waals surface area contributed by atoms with Gasteiger partial charge in [0, 0.05) is 52.9 Å². The summed E-state index contributed by atoms with van der Waals surface area (Å²) in [7, 11) is 0. The van der Waals surface area contributed by atoms with E-state index in [-0.39, 0.29) is 77.2 Å². The molecule has 0 saturated carbocycles. The molecule has 0 rings (SSSR count). The number of Topliss-reactive ketones (excluding diaryl/α,β-unsaturated/α-hetero) is 4. The van der Waals surface area contributed by atoms with Crippen molar-refractivity contribution in [1.82, 2.24) is 0 Å². The number of carboxylic acids is 4. The van der Waals surface area contributed by atoms with E-state index in [1.807, 2.05) is 55.4 Å². The zero-order chi connectivity index (χ0) is 59.6. The van der Waals surface area contributed by atoms with Gasteiger partial charge in [-0.15, -0.1) is 0 Å². The first-order valence-corrected chi connectivity index (χ1v) is 27.9. The molecule has 0 radical (unpaired) electrons. The van der Waals surface area contributed by atoms with Crippen LogP contribution in [-0.4, -0.2) is 125 Å². The Morgan fingerprint density at radius 1 is 0.260 bits per heavy atom. The molecule has 0 unspecified atom stereocenters. The molecule has 0 fully saturated rings. The molecule has 77 heavy (non-hydrogen) atoms. The number of ketones is 4. The summed E-state index contributed by atoms with van der Waals surface area (Å²) in [6, 6.07) is 0. The molecule has 0 atom stereocenters. The predicted molar refractivity (Wildman–Crippen MR) is 277 cm³/mol. The van der Waals surface area contributed by atoms with Crippen LogP contribution in [0.5, 0.6) is 0 Å². The summed E-state index contributed by atoms with van der Waals surface area (Å²) >= 11 is 0. The van der Waals surface area contributed by atoms with Crippen LogP contribution in [-0.2, 0) is 102 Å². The summed E-state index contributed by atoms with van der Waals surface area (Å²) in [4.78, 5) is 95.0. The molecule has 448 valence electrons. The van der Waals surface area contributed by atoms with Crippen molar-refractivity contribution in [2.75, 3.05) is 52.9 Å².